The van der Waals surface area contributed by atoms with Crippen molar-refractivity contribution < 1.29 is 5.11 Å². The summed E-state index contributed by atoms with van der Waals surface area (Å²) in [6.07, 6.45) is -0.750. The van der Waals surface area contributed by atoms with E-state index in [9.17, 15) is 5.11 Å². The lowest BCUT2D eigenvalue weighted by Gasteiger charge is -2.11. The highest BCUT2D eigenvalue weighted by Crippen LogP contribution is 2.26. The lowest BCUT2D eigenvalue weighted by molar-refractivity contribution is 0.186. The van der Waals surface area contributed by atoms with Gasteiger partial charge in [0.15, 0.2) is 0 Å². The molecule has 0 saturated heterocycles. The number of nitrogens with zero attached hydrogens (tertiary/aromatic N) is 3. The van der Waals surface area contributed by atoms with Gasteiger partial charge in [0.1, 0.15) is 0 Å². The van der Waals surface area contributed by atoms with Gasteiger partial charge in [-0.1, -0.05) is 39.2 Å². The van der Waals surface area contributed by atoms with Crippen LogP contribution in [0, 0.1) is 6.92 Å². The van der Waals surface area contributed by atoms with E-state index in [0.29, 0.717) is 0 Å². The van der Waals surface area contributed by atoms with Crippen LogP contribution in [0.1, 0.15) is 17.2 Å². The molecule has 1 aromatic rings. The summed E-state index contributed by atoms with van der Waals surface area (Å²) in [6, 6.07) is 5.59. The number of azide groups is 1. The molecule has 1 N–H and O–H groups in total. The molecule has 0 saturated carbocycles. The van der Waals surface area contributed by atoms with Crippen LogP contribution in [0.5, 0.6) is 0 Å². The highest BCUT2D eigenvalue weighted by molar-refractivity contribution is 9.10. The number of aliphatic hydroxyl groups is 1. The number of rotatable bonds is 3. The minimum absolute atomic E-state index is 0.0541. The van der Waals surface area contributed by atoms with Crippen LogP contribution in [-0.4, -0.2) is 11.7 Å². The molecule has 0 unspecified atom stereocenters. The minimum Gasteiger partial charge on any atom is -0.388 e. The lowest BCUT2D eigenvalue weighted by Crippen LogP contribution is -2.02. The quantitative estimate of drug-likeness (QED) is 0.503. The Bertz CT molecular complexity index is 374. The van der Waals surface area contributed by atoms with E-state index in [2.05, 4.69) is 26.0 Å². The van der Waals surface area contributed by atoms with Crippen molar-refractivity contribution in [3.8, 4) is 0 Å². The molecule has 14 heavy (non-hydrogen) atoms. The van der Waals surface area contributed by atoms with Crippen LogP contribution >= 0.6 is 15.9 Å². The van der Waals surface area contributed by atoms with Crippen molar-refractivity contribution in [3.63, 3.8) is 0 Å². The first-order chi connectivity index (χ1) is 6.66. The summed E-state index contributed by atoms with van der Waals surface area (Å²) in [7, 11) is 0. The van der Waals surface area contributed by atoms with Crippen LogP contribution < -0.4 is 0 Å². The van der Waals surface area contributed by atoms with Gasteiger partial charge in [-0.25, -0.2) is 0 Å². The van der Waals surface area contributed by atoms with Crippen molar-refractivity contribution in [1.29, 1.82) is 0 Å². The average Bonchev–Trinajstić information content (AvgIpc) is 2.18. The van der Waals surface area contributed by atoms with Crippen molar-refractivity contribution in [2.24, 2.45) is 5.11 Å². The molecule has 0 bridgehead atoms. The number of benzene rings is 1. The zero-order valence-electron chi connectivity index (χ0n) is 7.68. The summed E-state index contributed by atoms with van der Waals surface area (Å²) < 4.78 is 0.862. The molecule has 0 radical (unpaired) electrons. The number of aryl methyl sites for hydroxylation is 1. The Morgan fingerprint density at radius 2 is 2.36 bits per heavy atom. The van der Waals surface area contributed by atoms with Gasteiger partial charge in [0.25, 0.3) is 0 Å². The predicted molar refractivity (Wildman–Crippen MR) is 57.9 cm³/mol. The molecular weight excluding hydrogens is 246 g/mol. The molecule has 1 aromatic carbocycles. The van der Waals surface area contributed by atoms with Gasteiger partial charge < -0.3 is 5.11 Å². The molecular formula is C9H10BrN3O. The average molecular weight is 256 g/mol. The highest BCUT2D eigenvalue weighted by atomic mass is 79.9. The van der Waals surface area contributed by atoms with Crippen LogP contribution in [-0.2, 0) is 0 Å². The molecule has 0 aliphatic rings. The Kier molecular flexibility index (Phi) is 3.95. The van der Waals surface area contributed by atoms with E-state index in [4.69, 9.17) is 5.53 Å². The summed E-state index contributed by atoms with van der Waals surface area (Å²) in [6.45, 7) is 1.99. The van der Waals surface area contributed by atoms with Gasteiger partial charge >= 0.3 is 0 Å². The van der Waals surface area contributed by atoms with Crippen molar-refractivity contribution in [3.05, 3.63) is 44.2 Å². The molecule has 5 heteroatoms. The number of hydrogen-bond acceptors (Lipinski definition) is 2. The molecule has 1 rings (SSSR count). The Morgan fingerprint density at radius 3 is 3.00 bits per heavy atom. The number of aliphatic hydroxyl groups excluding tert-OH is 1. The van der Waals surface area contributed by atoms with Crippen molar-refractivity contribution in [1.82, 2.24) is 0 Å². The first kappa shape index (κ1) is 11.0. The third-order valence-electron chi connectivity index (χ3n) is 1.90. The molecule has 0 heterocycles. The van der Waals surface area contributed by atoms with Gasteiger partial charge in [-0.2, -0.15) is 0 Å². The van der Waals surface area contributed by atoms with E-state index < -0.39 is 6.10 Å². The summed E-state index contributed by atoms with van der Waals surface area (Å²) in [5, 5.41) is 13.0. The van der Waals surface area contributed by atoms with Gasteiger partial charge in [-0.15, -0.1) is 0 Å². The molecule has 0 aliphatic heterocycles. The maximum atomic E-state index is 9.66. The fourth-order valence-corrected chi connectivity index (χ4v) is 1.67. The fourth-order valence-electron chi connectivity index (χ4n) is 1.14. The topological polar surface area (TPSA) is 69.0 Å². The van der Waals surface area contributed by atoms with Crippen LogP contribution in [0.2, 0.25) is 0 Å². The lowest BCUT2D eigenvalue weighted by atomic mass is 10.1. The summed E-state index contributed by atoms with van der Waals surface area (Å²) in [5.41, 5.74) is 9.91. The molecule has 0 amide bonds. The van der Waals surface area contributed by atoms with Crippen LogP contribution in [0.3, 0.4) is 0 Å². The molecule has 0 fully saturated rings. The van der Waals surface area contributed by atoms with Crippen molar-refractivity contribution in [2.75, 3.05) is 6.54 Å². The van der Waals surface area contributed by atoms with E-state index in [0.717, 1.165) is 15.6 Å². The largest absolute Gasteiger partial charge is 0.388 e. The van der Waals surface area contributed by atoms with Crippen LogP contribution in [0.4, 0.5) is 0 Å². The number of hydrogen-bond donors (Lipinski definition) is 1. The van der Waals surface area contributed by atoms with Crippen LogP contribution in [0.25, 0.3) is 10.4 Å². The molecule has 0 aromatic heterocycles. The Hall–Kier alpha value is -1.03. The summed E-state index contributed by atoms with van der Waals surface area (Å²) >= 11 is 3.38. The smallest absolute Gasteiger partial charge is 0.0857 e. The normalized spacial score (nSPS) is 11.9. The predicted octanol–water partition coefficient (Wildman–Crippen LogP) is 3.10. The van der Waals surface area contributed by atoms with Crippen molar-refractivity contribution in [2.45, 2.75) is 13.0 Å². The molecule has 4 nitrogen and oxygen atoms in total. The summed E-state index contributed by atoms with van der Waals surface area (Å²) in [5.74, 6) is 0. The zero-order valence-corrected chi connectivity index (χ0v) is 9.27. The van der Waals surface area contributed by atoms with Gasteiger partial charge in [-0.05, 0) is 23.6 Å². The Balaban J connectivity index is 2.94. The van der Waals surface area contributed by atoms with E-state index in [-0.39, 0.29) is 6.54 Å². The molecule has 0 aliphatic carbocycles. The Morgan fingerprint density at radius 1 is 1.64 bits per heavy atom. The monoisotopic (exact) mass is 255 g/mol. The van der Waals surface area contributed by atoms with Crippen molar-refractivity contribution >= 4 is 15.9 Å². The fraction of sp³-hybridized carbons (Fsp3) is 0.333. The highest BCUT2D eigenvalue weighted by Gasteiger charge is 2.10. The third kappa shape index (κ3) is 2.48. The second kappa shape index (κ2) is 5.00. The molecule has 1 atom stereocenters. The second-order valence-corrected chi connectivity index (χ2v) is 3.70. The first-order valence-electron chi connectivity index (χ1n) is 4.10. The maximum Gasteiger partial charge on any atom is 0.0857 e. The third-order valence-corrected chi connectivity index (χ3v) is 2.98. The van der Waals surface area contributed by atoms with Gasteiger partial charge in [0.05, 0.1) is 12.6 Å². The van der Waals surface area contributed by atoms with E-state index >= 15 is 0 Å². The first-order valence-corrected chi connectivity index (χ1v) is 4.90. The summed E-state index contributed by atoms with van der Waals surface area (Å²) in [4.78, 5) is 2.60. The second-order valence-electron chi connectivity index (χ2n) is 2.91. The van der Waals surface area contributed by atoms with E-state index in [1.54, 1.807) is 6.07 Å². The number of halogens is 1. The standard InChI is InChI=1S/C9H10BrN3O/c1-6-3-2-4-7(9(6)10)8(14)5-12-13-11/h2-4,8,14H,5H2,1H3/t8-/m1/s1. The van der Waals surface area contributed by atoms with E-state index in [1.165, 1.54) is 0 Å². The maximum absolute atomic E-state index is 9.66. The van der Waals surface area contributed by atoms with Gasteiger partial charge in [0.2, 0.25) is 0 Å². The SMILES string of the molecule is Cc1cccc([C@H](O)CN=[N+]=[N-])c1Br. The Labute approximate surface area is 90.3 Å². The van der Waals surface area contributed by atoms with Gasteiger partial charge in [0, 0.05) is 9.38 Å². The van der Waals surface area contributed by atoms with E-state index in [1.807, 2.05) is 19.1 Å². The molecule has 0 spiro atoms. The minimum atomic E-state index is -0.750. The van der Waals surface area contributed by atoms with Gasteiger partial charge in [-0.3, -0.25) is 0 Å². The van der Waals surface area contributed by atoms with Crippen LogP contribution in [0.15, 0.2) is 27.8 Å². The molecule has 74 valence electrons. The zero-order chi connectivity index (χ0) is 10.6.